The zero-order valence-electron chi connectivity index (χ0n) is 12.2. The lowest BCUT2D eigenvalue weighted by Crippen LogP contribution is -2.48. The fourth-order valence-electron chi connectivity index (χ4n) is 2.00. The summed E-state index contributed by atoms with van der Waals surface area (Å²) in [7, 11) is 0. The highest BCUT2D eigenvalue weighted by Gasteiger charge is 2.28. The SMILES string of the molecule is CCC(C)NC(=O)C(C)NCC1(C)CCOCC1. The average molecular weight is 256 g/mol. The Bertz CT molecular complexity index is 263. The summed E-state index contributed by atoms with van der Waals surface area (Å²) >= 11 is 0. The van der Waals surface area contributed by atoms with Crippen LogP contribution in [0.15, 0.2) is 0 Å². The predicted octanol–water partition coefficient (Wildman–Crippen LogP) is 1.70. The van der Waals surface area contributed by atoms with Gasteiger partial charge in [0.15, 0.2) is 0 Å². The summed E-state index contributed by atoms with van der Waals surface area (Å²) in [6.45, 7) is 10.9. The Morgan fingerprint density at radius 3 is 2.50 bits per heavy atom. The van der Waals surface area contributed by atoms with Gasteiger partial charge in [0.05, 0.1) is 6.04 Å². The fourth-order valence-corrected chi connectivity index (χ4v) is 2.00. The largest absolute Gasteiger partial charge is 0.381 e. The van der Waals surface area contributed by atoms with Crippen LogP contribution in [0.5, 0.6) is 0 Å². The van der Waals surface area contributed by atoms with Crippen molar-refractivity contribution in [3.63, 3.8) is 0 Å². The molecule has 1 heterocycles. The predicted molar refractivity (Wildman–Crippen MR) is 73.5 cm³/mol. The van der Waals surface area contributed by atoms with Crippen LogP contribution in [0, 0.1) is 5.41 Å². The highest BCUT2D eigenvalue weighted by Crippen LogP contribution is 2.28. The Kier molecular flexibility index (Phi) is 6.09. The minimum Gasteiger partial charge on any atom is -0.381 e. The van der Waals surface area contributed by atoms with E-state index in [-0.39, 0.29) is 23.4 Å². The third-order valence-corrected chi connectivity index (χ3v) is 3.93. The summed E-state index contributed by atoms with van der Waals surface area (Å²) in [4.78, 5) is 11.9. The molecule has 1 fully saturated rings. The molecule has 1 saturated heterocycles. The lowest BCUT2D eigenvalue weighted by atomic mass is 9.82. The van der Waals surface area contributed by atoms with Crippen LogP contribution in [0.25, 0.3) is 0 Å². The summed E-state index contributed by atoms with van der Waals surface area (Å²) < 4.78 is 5.38. The van der Waals surface area contributed by atoms with Crippen LogP contribution in [-0.2, 0) is 9.53 Å². The lowest BCUT2D eigenvalue weighted by molar-refractivity contribution is -0.123. The molecule has 0 aromatic carbocycles. The first-order valence-corrected chi connectivity index (χ1v) is 7.08. The van der Waals surface area contributed by atoms with Gasteiger partial charge >= 0.3 is 0 Å². The van der Waals surface area contributed by atoms with E-state index in [1.165, 1.54) is 0 Å². The number of carbonyl (C=O) groups is 1. The topological polar surface area (TPSA) is 50.4 Å². The number of hydrogen-bond donors (Lipinski definition) is 2. The second-order valence-electron chi connectivity index (χ2n) is 5.84. The zero-order chi connectivity index (χ0) is 13.6. The van der Waals surface area contributed by atoms with Gasteiger partial charge in [0.25, 0.3) is 0 Å². The molecule has 1 rings (SSSR count). The second-order valence-corrected chi connectivity index (χ2v) is 5.84. The van der Waals surface area contributed by atoms with Gasteiger partial charge in [-0.2, -0.15) is 0 Å². The van der Waals surface area contributed by atoms with Crippen LogP contribution in [0.4, 0.5) is 0 Å². The van der Waals surface area contributed by atoms with Gasteiger partial charge in [0, 0.05) is 25.8 Å². The van der Waals surface area contributed by atoms with Crippen molar-refractivity contribution in [2.24, 2.45) is 5.41 Å². The first kappa shape index (κ1) is 15.4. The molecule has 4 nitrogen and oxygen atoms in total. The number of carbonyl (C=O) groups excluding carboxylic acids is 1. The van der Waals surface area contributed by atoms with Gasteiger partial charge in [-0.05, 0) is 38.5 Å². The van der Waals surface area contributed by atoms with Crippen molar-refractivity contribution in [3.05, 3.63) is 0 Å². The molecule has 18 heavy (non-hydrogen) atoms. The second kappa shape index (κ2) is 7.10. The van der Waals surface area contributed by atoms with Gasteiger partial charge in [-0.1, -0.05) is 13.8 Å². The lowest BCUT2D eigenvalue weighted by Gasteiger charge is -2.34. The third-order valence-electron chi connectivity index (χ3n) is 3.93. The van der Waals surface area contributed by atoms with Crippen molar-refractivity contribution >= 4 is 5.91 Å². The number of rotatable bonds is 6. The van der Waals surface area contributed by atoms with Crippen molar-refractivity contribution in [2.75, 3.05) is 19.8 Å². The van der Waals surface area contributed by atoms with Crippen molar-refractivity contribution in [3.8, 4) is 0 Å². The van der Waals surface area contributed by atoms with Crippen molar-refractivity contribution < 1.29 is 9.53 Å². The van der Waals surface area contributed by atoms with Crippen LogP contribution in [-0.4, -0.2) is 37.7 Å². The Labute approximate surface area is 111 Å². The molecule has 0 aliphatic carbocycles. The van der Waals surface area contributed by atoms with Gasteiger partial charge in [-0.3, -0.25) is 4.79 Å². The van der Waals surface area contributed by atoms with E-state index in [0.29, 0.717) is 0 Å². The molecular weight excluding hydrogens is 228 g/mol. The maximum atomic E-state index is 11.9. The number of hydrogen-bond acceptors (Lipinski definition) is 3. The van der Waals surface area contributed by atoms with E-state index in [1.54, 1.807) is 0 Å². The van der Waals surface area contributed by atoms with Gasteiger partial charge in [-0.15, -0.1) is 0 Å². The summed E-state index contributed by atoms with van der Waals surface area (Å²) in [5, 5.41) is 6.36. The van der Waals surface area contributed by atoms with E-state index < -0.39 is 0 Å². The quantitative estimate of drug-likeness (QED) is 0.760. The Morgan fingerprint density at radius 2 is 1.94 bits per heavy atom. The molecule has 2 N–H and O–H groups in total. The van der Waals surface area contributed by atoms with Crippen LogP contribution < -0.4 is 10.6 Å². The van der Waals surface area contributed by atoms with E-state index in [1.807, 2.05) is 13.8 Å². The maximum Gasteiger partial charge on any atom is 0.237 e. The molecule has 0 aromatic heterocycles. The molecule has 0 bridgehead atoms. The smallest absolute Gasteiger partial charge is 0.237 e. The molecule has 4 heteroatoms. The number of nitrogens with one attached hydrogen (secondary N) is 2. The molecule has 106 valence electrons. The zero-order valence-corrected chi connectivity index (χ0v) is 12.2. The average Bonchev–Trinajstić information content (AvgIpc) is 2.36. The minimum absolute atomic E-state index is 0.0972. The molecule has 1 aliphatic heterocycles. The van der Waals surface area contributed by atoms with Crippen LogP contribution in [0.2, 0.25) is 0 Å². The standard InChI is InChI=1S/C14H28N2O2/c1-5-11(2)16-13(17)12(3)15-10-14(4)6-8-18-9-7-14/h11-12,15H,5-10H2,1-4H3,(H,16,17). The highest BCUT2D eigenvalue weighted by molar-refractivity contribution is 5.81. The number of ether oxygens (including phenoxy) is 1. The normalized spacial score (nSPS) is 22.2. The summed E-state index contributed by atoms with van der Waals surface area (Å²) in [5.74, 6) is 0.0972. The first-order valence-electron chi connectivity index (χ1n) is 7.08. The highest BCUT2D eigenvalue weighted by atomic mass is 16.5. The number of amides is 1. The maximum absolute atomic E-state index is 11.9. The molecule has 2 unspecified atom stereocenters. The molecule has 1 aliphatic rings. The van der Waals surface area contributed by atoms with Gasteiger partial charge < -0.3 is 15.4 Å². The van der Waals surface area contributed by atoms with Gasteiger partial charge in [0.1, 0.15) is 0 Å². The molecule has 0 spiro atoms. The minimum atomic E-state index is -0.126. The van der Waals surface area contributed by atoms with Crippen molar-refractivity contribution in [1.82, 2.24) is 10.6 Å². The van der Waals surface area contributed by atoms with Crippen molar-refractivity contribution in [1.29, 1.82) is 0 Å². The van der Waals surface area contributed by atoms with E-state index in [4.69, 9.17) is 4.74 Å². The van der Waals surface area contributed by atoms with E-state index in [2.05, 4.69) is 24.5 Å². The van der Waals surface area contributed by atoms with E-state index >= 15 is 0 Å². The van der Waals surface area contributed by atoms with E-state index in [9.17, 15) is 4.79 Å². The Morgan fingerprint density at radius 1 is 1.33 bits per heavy atom. The Balaban J connectivity index is 2.31. The van der Waals surface area contributed by atoms with Crippen LogP contribution in [0.1, 0.15) is 47.0 Å². The third kappa shape index (κ3) is 4.94. The summed E-state index contributed by atoms with van der Waals surface area (Å²) in [6, 6.07) is 0.124. The molecule has 0 aromatic rings. The van der Waals surface area contributed by atoms with Crippen molar-refractivity contribution in [2.45, 2.75) is 59.0 Å². The Hall–Kier alpha value is -0.610. The summed E-state index contributed by atoms with van der Waals surface area (Å²) in [5.41, 5.74) is 0.267. The van der Waals surface area contributed by atoms with Gasteiger partial charge in [0.2, 0.25) is 5.91 Å². The van der Waals surface area contributed by atoms with Crippen LogP contribution in [0.3, 0.4) is 0 Å². The molecule has 1 amide bonds. The van der Waals surface area contributed by atoms with Gasteiger partial charge in [-0.25, -0.2) is 0 Å². The first-order chi connectivity index (χ1) is 8.47. The fraction of sp³-hybridized carbons (Fsp3) is 0.929. The molecule has 0 saturated carbocycles. The van der Waals surface area contributed by atoms with Crippen LogP contribution >= 0.6 is 0 Å². The summed E-state index contributed by atoms with van der Waals surface area (Å²) in [6.07, 6.45) is 3.10. The molecule has 2 atom stereocenters. The monoisotopic (exact) mass is 256 g/mol. The van der Waals surface area contributed by atoms with E-state index in [0.717, 1.165) is 39.0 Å². The molecule has 0 radical (unpaired) electrons. The molecular formula is C14H28N2O2.